The molecule has 0 radical (unpaired) electrons. The molecule has 15 heavy (non-hydrogen) atoms. The number of hydrogen-bond acceptors (Lipinski definition) is 2. The molecule has 1 atom stereocenters. The summed E-state index contributed by atoms with van der Waals surface area (Å²) in [6.07, 6.45) is 6.66. The molecule has 0 heterocycles. The quantitative estimate of drug-likeness (QED) is 0.553. The Balaban J connectivity index is 2.27. The number of hydrogen-bond donors (Lipinski definition) is 0. The first-order valence-electron chi connectivity index (χ1n) is 4.93. The Morgan fingerprint density at radius 3 is 2.80 bits per heavy atom. The van der Waals surface area contributed by atoms with Gasteiger partial charge in [0.2, 0.25) is 0 Å². The molecule has 0 amide bonds. The largest absolute Gasteiger partial charge is 0.455 e. The van der Waals surface area contributed by atoms with Crippen molar-refractivity contribution in [1.29, 1.82) is 0 Å². The number of carbonyl (C=O) groups excluding carboxylic acids is 1. The first-order chi connectivity index (χ1) is 7.42. The van der Waals surface area contributed by atoms with Crippen molar-refractivity contribution in [2.45, 2.75) is 12.5 Å². The van der Waals surface area contributed by atoms with E-state index in [1.54, 1.807) is 0 Å². The minimum Gasteiger partial charge on any atom is -0.455 e. The van der Waals surface area contributed by atoms with Crippen LogP contribution in [0.3, 0.4) is 0 Å². The lowest BCUT2D eigenvalue weighted by atomic mass is 9.95. The minimum atomic E-state index is -0.237. The highest BCUT2D eigenvalue weighted by Gasteiger charge is 2.15. The van der Waals surface area contributed by atoms with Crippen LogP contribution in [-0.2, 0) is 9.53 Å². The van der Waals surface area contributed by atoms with E-state index in [0.29, 0.717) is 6.47 Å². The highest BCUT2D eigenvalue weighted by molar-refractivity contribution is 5.72. The molecule has 1 aliphatic rings. The van der Waals surface area contributed by atoms with Gasteiger partial charge in [0.05, 0.1) is 0 Å². The summed E-state index contributed by atoms with van der Waals surface area (Å²) in [4.78, 5) is 10.4. The fourth-order valence-corrected chi connectivity index (χ4v) is 1.71. The van der Waals surface area contributed by atoms with Crippen LogP contribution in [0.4, 0.5) is 0 Å². The molecule has 1 aromatic rings. The van der Waals surface area contributed by atoms with Crippen molar-refractivity contribution >= 4 is 12.0 Å². The summed E-state index contributed by atoms with van der Waals surface area (Å²) >= 11 is 0. The first kappa shape index (κ1) is 9.71. The van der Waals surface area contributed by atoms with E-state index >= 15 is 0 Å². The van der Waals surface area contributed by atoms with Crippen molar-refractivity contribution in [3.05, 3.63) is 54.1 Å². The lowest BCUT2D eigenvalue weighted by Gasteiger charge is -2.18. The third kappa shape index (κ3) is 2.15. The fourth-order valence-electron chi connectivity index (χ4n) is 1.71. The summed E-state index contributed by atoms with van der Waals surface area (Å²) in [6.45, 7) is 0.497. The van der Waals surface area contributed by atoms with Gasteiger partial charge >= 0.3 is 0 Å². The molecule has 2 nitrogen and oxygen atoms in total. The smallest absolute Gasteiger partial charge is 0.294 e. The Morgan fingerprint density at radius 2 is 2.07 bits per heavy atom. The lowest BCUT2D eigenvalue weighted by molar-refractivity contribution is -0.129. The van der Waals surface area contributed by atoms with E-state index in [1.807, 2.05) is 42.5 Å². The van der Waals surface area contributed by atoms with E-state index in [2.05, 4.69) is 6.08 Å². The molecule has 0 bridgehead atoms. The van der Waals surface area contributed by atoms with Gasteiger partial charge < -0.3 is 4.74 Å². The van der Waals surface area contributed by atoms with E-state index in [0.717, 1.165) is 17.6 Å². The van der Waals surface area contributed by atoms with E-state index < -0.39 is 0 Å². The molecule has 0 aromatic heterocycles. The predicted molar refractivity (Wildman–Crippen MR) is 59.1 cm³/mol. The van der Waals surface area contributed by atoms with Crippen LogP contribution in [0.1, 0.15) is 12.0 Å². The average molecular weight is 200 g/mol. The second-order valence-electron chi connectivity index (χ2n) is 3.34. The van der Waals surface area contributed by atoms with Gasteiger partial charge in [-0.3, -0.25) is 4.79 Å². The number of carbonyl (C=O) groups is 1. The molecule has 0 aliphatic heterocycles. The Kier molecular flexibility index (Phi) is 2.98. The van der Waals surface area contributed by atoms with Gasteiger partial charge in [-0.15, -0.1) is 0 Å². The number of allylic oxidation sites excluding steroid dienone is 2. The maximum absolute atomic E-state index is 10.4. The lowest BCUT2D eigenvalue weighted by Crippen LogP contribution is -2.13. The first-order valence-corrected chi connectivity index (χ1v) is 4.93. The standard InChI is InChI=1S/C13H12O2/c14-10-15-13-9-5-4-8-12(13)11-6-2-1-3-7-11/h1-3,5-10,13H,4H2. The summed E-state index contributed by atoms with van der Waals surface area (Å²) in [5.41, 5.74) is 2.17. The molecule has 0 saturated heterocycles. The second-order valence-corrected chi connectivity index (χ2v) is 3.34. The van der Waals surface area contributed by atoms with Crippen molar-refractivity contribution < 1.29 is 9.53 Å². The van der Waals surface area contributed by atoms with Crippen molar-refractivity contribution in [1.82, 2.24) is 0 Å². The molecule has 0 N–H and O–H groups in total. The van der Waals surface area contributed by atoms with Crippen LogP contribution < -0.4 is 0 Å². The highest BCUT2D eigenvalue weighted by Crippen LogP contribution is 2.24. The third-order valence-corrected chi connectivity index (χ3v) is 2.40. The molecule has 1 aromatic carbocycles. The molecular formula is C13H12O2. The summed E-state index contributed by atoms with van der Waals surface area (Å²) in [7, 11) is 0. The number of ether oxygens (including phenoxy) is 1. The van der Waals surface area contributed by atoms with Gasteiger partial charge in [-0.25, -0.2) is 0 Å². The van der Waals surface area contributed by atoms with Crippen LogP contribution in [0.5, 0.6) is 0 Å². The van der Waals surface area contributed by atoms with Gasteiger partial charge in [0.1, 0.15) is 6.10 Å². The molecular weight excluding hydrogens is 188 g/mol. The Hall–Kier alpha value is -1.83. The van der Waals surface area contributed by atoms with E-state index in [9.17, 15) is 4.79 Å². The maximum Gasteiger partial charge on any atom is 0.294 e. The monoisotopic (exact) mass is 200 g/mol. The van der Waals surface area contributed by atoms with Crippen molar-refractivity contribution in [2.24, 2.45) is 0 Å². The van der Waals surface area contributed by atoms with Crippen LogP contribution >= 0.6 is 0 Å². The summed E-state index contributed by atoms with van der Waals surface area (Å²) in [6, 6.07) is 9.97. The fraction of sp³-hybridized carbons (Fsp3) is 0.154. The van der Waals surface area contributed by atoms with Crippen LogP contribution in [0.2, 0.25) is 0 Å². The summed E-state index contributed by atoms with van der Waals surface area (Å²) < 4.78 is 5.01. The van der Waals surface area contributed by atoms with Crippen LogP contribution in [0.15, 0.2) is 48.6 Å². The van der Waals surface area contributed by atoms with Gasteiger partial charge in [0, 0.05) is 0 Å². The molecule has 0 spiro atoms. The van der Waals surface area contributed by atoms with Crippen molar-refractivity contribution in [2.75, 3.05) is 0 Å². The summed E-state index contributed by atoms with van der Waals surface area (Å²) in [5, 5.41) is 0. The molecule has 1 aliphatic carbocycles. The third-order valence-electron chi connectivity index (χ3n) is 2.40. The van der Waals surface area contributed by atoms with E-state index in [-0.39, 0.29) is 6.10 Å². The molecule has 2 heteroatoms. The van der Waals surface area contributed by atoms with Gasteiger partial charge in [0.15, 0.2) is 0 Å². The minimum absolute atomic E-state index is 0.237. The average Bonchev–Trinajstić information content (AvgIpc) is 2.31. The Bertz CT molecular complexity index is 390. The van der Waals surface area contributed by atoms with Crippen LogP contribution in [-0.4, -0.2) is 12.6 Å². The molecule has 76 valence electrons. The van der Waals surface area contributed by atoms with E-state index in [4.69, 9.17) is 4.74 Å². The van der Waals surface area contributed by atoms with Crippen LogP contribution in [0.25, 0.3) is 5.57 Å². The second kappa shape index (κ2) is 4.60. The van der Waals surface area contributed by atoms with Gasteiger partial charge in [-0.2, -0.15) is 0 Å². The number of rotatable bonds is 3. The van der Waals surface area contributed by atoms with Gasteiger partial charge in [-0.05, 0) is 23.6 Å². The van der Waals surface area contributed by atoms with Gasteiger partial charge in [0.25, 0.3) is 6.47 Å². The molecule has 0 fully saturated rings. The predicted octanol–water partition coefficient (Wildman–Crippen LogP) is 2.57. The zero-order chi connectivity index (χ0) is 10.5. The number of benzene rings is 1. The normalized spacial score (nSPS) is 19.5. The molecule has 2 rings (SSSR count). The Morgan fingerprint density at radius 1 is 1.27 bits per heavy atom. The van der Waals surface area contributed by atoms with Gasteiger partial charge in [-0.1, -0.05) is 42.5 Å². The van der Waals surface area contributed by atoms with E-state index in [1.165, 1.54) is 0 Å². The summed E-state index contributed by atoms with van der Waals surface area (Å²) in [5.74, 6) is 0. The zero-order valence-corrected chi connectivity index (χ0v) is 8.30. The molecule has 1 unspecified atom stereocenters. The Labute approximate surface area is 88.9 Å². The SMILES string of the molecule is O=COC1C=CCC=C1c1ccccc1. The van der Waals surface area contributed by atoms with Crippen molar-refractivity contribution in [3.8, 4) is 0 Å². The molecule has 0 saturated carbocycles. The highest BCUT2D eigenvalue weighted by atomic mass is 16.5. The zero-order valence-electron chi connectivity index (χ0n) is 8.30. The van der Waals surface area contributed by atoms with Crippen molar-refractivity contribution in [3.63, 3.8) is 0 Å². The van der Waals surface area contributed by atoms with Crippen LogP contribution in [0, 0.1) is 0 Å². The maximum atomic E-state index is 10.4. The topological polar surface area (TPSA) is 26.3 Å².